The van der Waals surface area contributed by atoms with Gasteiger partial charge >= 0.3 is 0 Å². The molecule has 1 atom stereocenters. The molecule has 128 valence electrons. The Bertz CT molecular complexity index is 677. The minimum absolute atomic E-state index is 0.0499. The number of carbonyl (C=O) groups is 1. The van der Waals surface area contributed by atoms with Crippen molar-refractivity contribution in [2.45, 2.75) is 32.4 Å². The Kier molecular flexibility index (Phi) is 5.53. The van der Waals surface area contributed by atoms with E-state index in [2.05, 4.69) is 46.5 Å². The van der Waals surface area contributed by atoms with Gasteiger partial charge < -0.3 is 5.32 Å². The van der Waals surface area contributed by atoms with Gasteiger partial charge in [-0.3, -0.25) is 14.4 Å². The van der Waals surface area contributed by atoms with Gasteiger partial charge in [-0.2, -0.15) is 5.10 Å². The minimum atomic E-state index is -0.0499. The molecule has 1 aliphatic heterocycles. The molecule has 0 bridgehead atoms. The number of carbonyl (C=O) groups excluding carboxylic acids is 1. The zero-order valence-electron chi connectivity index (χ0n) is 13.9. The first-order chi connectivity index (χ1) is 11.6. The number of hydrogen-bond donors (Lipinski definition) is 1. The second-order valence-electron chi connectivity index (χ2n) is 6.33. The molecule has 1 aromatic carbocycles. The van der Waals surface area contributed by atoms with E-state index in [9.17, 15) is 4.79 Å². The van der Waals surface area contributed by atoms with E-state index in [1.165, 1.54) is 30.2 Å². The third-order valence-corrected chi connectivity index (χ3v) is 4.64. The van der Waals surface area contributed by atoms with Crippen LogP contribution < -0.4 is 5.32 Å². The fourth-order valence-corrected chi connectivity index (χ4v) is 3.29. The Morgan fingerprint density at radius 3 is 2.62 bits per heavy atom. The van der Waals surface area contributed by atoms with E-state index in [0.29, 0.717) is 11.6 Å². The van der Waals surface area contributed by atoms with Crippen LogP contribution in [0.5, 0.6) is 0 Å². The van der Waals surface area contributed by atoms with Crippen molar-refractivity contribution in [1.82, 2.24) is 20.0 Å². The monoisotopic (exact) mass is 346 g/mol. The fraction of sp³-hybridized carbons (Fsp3) is 0.444. The molecule has 1 aliphatic rings. The molecule has 0 radical (unpaired) electrons. The normalized spacial score (nSPS) is 16.2. The number of aromatic nitrogens is 2. The molecule has 2 heterocycles. The molecule has 0 spiro atoms. The number of benzene rings is 1. The molecule has 1 aromatic heterocycles. The van der Waals surface area contributed by atoms with Crippen molar-refractivity contribution < 1.29 is 4.79 Å². The average molecular weight is 347 g/mol. The van der Waals surface area contributed by atoms with Gasteiger partial charge in [0.1, 0.15) is 6.54 Å². The molecule has 6 heteroatoms. The van der Waals surface area contributed by atoms with Crippen molar-refractivity contribution in [2.24, 2.45) is 0 Å². The quantitative estimate of drug-likeness (QED) is 0.875. The predicted molar refractivity (Wildman–Crippen MR) is 95.0 cm³/mol. The molecule has 3 rings (SSSR count). The highest BCUT2D eigenvalue weighted by molar-refractivity contribution is 6.30. The summed E-state index contributed by atoms with van der Waals surface area (Å²) in [5, 5.41) is 7.63. The summed E-state index contributed by atoms with van der Waals surface area (Å²) in [5.74, 6) is -0.0499. The van der Waals surface area contributed by atoms with Crippen LogP contribution in [-0.4, -0.2) is 40.2 Å². The van der Waals surface area contributed by atoms with Crippen LogP contribution in [0.4, 0.5) is 0 Å². The number of rotatable bonds is 6. The Balaban J connectivity index is 1.63. The maximum Gasteiger partial charge on any atom is 0.241 e. The lowest BCUT2D eigenvalue weighted by Crippen LogP contribution is -2.38. The number of nitrogens with one attached hydrogen (secondary N) is 1. The fourth-order valence-electron chi connectivity index (χ4n) is 3.14. The van der Waals surface area contributed by atoms with Crippen molar-refractivity contribution in [3.8, 4) is 0 Å². The van der Waals surface area contributed by atoms with Crippen LogP contribution in [0.1, 0.15) is 30.0 Å². The molecule has 1 amide bonds. The molecule has 1 saturated heterocycles. The highest BCUT2D eigenvalue weighted by Crippen LogP contribution is 2.24. The lowest BCUT2D eigenvalue weighted by Gasteiger charge is -2.28. The summed E-state index contributed by atoms with van der Waals surface area (Å²) < 4.78 is 1.55. The first kappa shape index (κ1) is 17.0. The van der Waals surface area contributed by atoms with Gasteiger partial charge in [0, 0.05) is 12.7 Å². The second kappa shape index (κ2) is 7.81. The number of likely N-dealkylation sites (tertiary alicyclic amines) is 1. The van der Waals surface area contributed by atoms with Gasteiger partial charge in [-0.05, 0) is 38.4 Å². The van der Waals surface area contributed by atoms with Crippen LogP contribution in [-0.2, 0) is 11.3 Å². The van der Waals surface area contributed by atoms with Crippen LogP contribution in [0.25, 0.3) is 0 Å². The van der Waals surface area contributed by atoms with Crippen molar-refractivity contribution in [3.63, 3.8) is 0 Å². The maximum atomic E-state index is 12.2. The van der Waals surface area contributed by atoms with Crippen LogP contribution >= 0.6 is 11.6 Å². The molecule has 1 fully saturated rings. The topological polar surface area (TPSA) is 50.2 Å². The standard InChI is InChI=1S/C18H23ClN4O/c1-14-4-6-15(7-5-14)17(22-8-2-3-9-22)11-20-18(24)13-23-12-16(19)10-21-23/h4-7,10,12,17H,2-3,8-9,11,13H2,1H3,(H,20,24). The van der Waals surface area contributed by atoms with Gasteiger partial charge in [-0.25, -0.2) is 0 Å². The van der Waals surface area contributed by atoms with Gasteiger partial charge in [0.05, 0.1) is 17.3 Å². The molecular formula is C18H23ClN4O. The van der Waals surface area contributed by atoms with E-state index in [0.717, 1.165) is 13.1 Å². The predicted octanol–water partition coefficient (Wildman–Crippen LogP) is 2.80. The number of aryl methyl sites for hydroxylation is 1. The summed E-state index contributed by atoms with van der Waals surface area (Å²) in [7, 11) is 0. The first-order valence-electron chi connectivity index (χ1n) is 8.37. The van der Waals surface area contributed by atoms with Crippen LogP contribution in [0.2, 0.25) is 5.02 Å². The number of amides is 1. The SMILES string of the molecule is Cc1ccc(C(CNC(=O)Cn2cc(Cl)cn2)N2CCCC2)cc1. The molecule has 5 nitrogen and oxygen atoms in total. The summed E-state index contributed by atoms with van der Waals surface area (Å²) in [6, 6.07) is 8.81. The lowest BCUT2D eigenvalue weighted by molar-refractivity contribution is -0.122. The zero-order valence-corrected chi connectivity index (χ0v) is 14.7. The Hall–Kier alpha value is -1.85. The molecule has 24 heavy (non-hydrogen) atoms. The molecule has 1 unspecified atom stereocenters. The molecule has 0 aliphatic carbocycles. The minimum Gasteiger partial charge on any atom is -0.353 e. The van der Waals surface area contributed by atoms with E-state index >= 15 is 0 Å². The zero-order chi connectivity index (χ0) is 16.9. The largest absolute Gasteiger partial charge is 0.353 e. The second-order valence-corrected chi connectivity index (χ2v) is 6.77. The van der Waals surface area contributed by atoms with Gasteiger partial charge in [0.25, 0.3) is 0 Å². The van der Waals surface area contributed by atoms with Crippen molar-refractivity contribution in [1.29, 1.82) is 0 Å². The molecule has 2 aromatic rings. The molecule has 0 saturated carbocycles. The van der Waals surface area contributed by atoms with Gasteiger partial charge in [-0.1, -0.05) is 41.4 Å². The van der Waals surface area contributed by atoms with E-state index in [1.54, 1.807) is 10.9 Å². The van der Waals surface area contributed by atoms with Crippen molar-refractivity contribution in [3.05, 3.63) is 52.8 Å². The number of nitrogens with zero attached hydrogens (tertiary/aromatic N) is 3. The highest BCUT2D eigenvalue weighted by Gasteiger charge is 2.23. The van der Waals surface area contributed by atoms with E-state index in [-0.39, 0.29) is 18.5 Å². The summed E-state index contributed by atoms with van der Waals surface area (Å²) in [6.45, 7) is 5.06. The van der Waals surface area contributed by atoms with Crippen molar-refractivity contribution >= 4 is 17.5 Å². The summed E-state index contributed by atoms with van der Waals surface area (Å²) >= 11 is 5.83. The van der Waals surface area contributed by atoms with E-state index in [1.807, 2.05) is 0 Å². The first-order valence-corrected chi connectivity index (χ1v) is 8.75. The lowest BCUT2D eigenvalue weighted by atomic mass is 10.0. The van der Waals surface area contributed by atoms with E-state index < -0.39 is 0 Å². The number of hydrogen-bond acceptors (Lipinski definition) is 3. The van der Waals surface area contributed by atoms with Crippen LogP contribution in [0.3, 0.4) is 0 Å². The van der Waals surface area contributed by atoms with Crippen molar-refractivity contribution in [2.75, 3.05) is 19.6 Å². The molecular weight excluding hydrogens is 324 g/mol. The van der Waals surface area contributed by atoms with E-state index in [4.69, 9.17) is 11.6 Å². The Morgan fingerprint density at radius 2 is 2.00 bits per heavy atom. The van der Waals surface area contributed by atoms with Gasteiger partial charge in [0.2, 0.25) is 5.91 Å². The van der Waals surface area contributed by atoms with Crippen LogP contribution in [0, 0.1) is 6.92 Å². The highest BCUT2D eigenvalue weighted by atomic mass is 35.5. The smallest absolute Gasteiger partial charge is 0.241 e. The molecule has 1 N–H and O–H groups in total. The van der Waals surface area contributed by atoms with Gasteiger partial charge in [-0.15, -0.1) is 0 Å². The number of halogens is 1. The van der Waals surface area contributed by atoms with Crippen LogP contribution in [0.15, 0.2) is 36.7 Å². The summed E-state index contributed by atoms with van der Waals surface area (Å²) in [4.78, 5) is 14.6. The third kappa shape index (κ3) is 4.36. The maximum absolute atomic E-state index is 12.2. The summed E-state index contributed by atoms with van der Waals surface area (Å²) in [5.41, 5.74) is 2.50. The Labute approximate surface area is 147 Å². The Morgan fingerprint density at radius 1 is 1.29 bits per heavy atom. The average Bonchev–Trinajstić information content (AvgIpc) is 3.21. The third-order valence-electron chi connectivity index (χ3n) is 4.44. The van der Waals surface area contributed by atoms with Gasteiger partial charge in [0.15, 0.2) is 0 Å². The summed E-state index contributed by atoms with van der Waals surface area (Å²) in [6.07, 6.45) is 5.64.